The quantitative estimate of drug-likeness (QED) is 0.318. The molecule has 32 heavy (non-hydrogen) atoms. The summed E-state index contributed by atoms with van der Waals surface area (Å²) < 4.78 is 1.15. The first-order valence-electron chi connectivity index (χ1n) is 10.6. The molecule has 0 unspecified atom stereocenters. The van der Waals surface area contributed by atoms with Crippen LogP contribution in [0.1, 0.15) is 26.3 Å². The summed E-state index contributed by atoms with van der Waals surface area (Å²) in [5.41, 5.74) is 9.60. The molecular weight excluding hydrogens is 412 g/mol. The van der Waals surface area contributed by atoms with Gasteiger partial charge in [0.2, 0.25) is 0 Å². The van der Waals surface area contributed by atoms with Gasteiger partial charge in [-0.15, -0.1) is 21.5 Å². The van der Waals surface area contributed by atoms with E-state index in [1.165, 1.54) is 16.7 Å². The van der Waals surface area contributed by atoms with Crippen LogP contribution in [0.4, 0.5) is 11.5 Å². The van der Waals surface area contributed by atoms with E-state index >= 15 is 0 Å². The van der Waals surface area contributed by atoms with Crippen molar-refractivity contribution in [2.45, 2.75) is 26.2 Å². The minimum atomic E-state index is 0.151. The molecule has 0 spiro atoms. The highest BCUT2D eigenvalue weighted by atomic mass is 32.1. The zero-order chi connectivity index (χ0) is 22.1. The molecule has 0 aliphatic heterocycles. The minimum Gasteiger partial charge on any atom is -0.339 e. The number of hydrogen-bond donors (Lipinski definition) is 1. The summed E-state index contributed by atoms with van der Waals surface area (Å²) in [4.78, 5) is 4.32. The van der Waals surface area contributed by atoms with E-state index in [0.29, 0.717) is 5.82 Å². The lowest BCUT2D eigenvalue weighted by Crippen LogP contribution is -2.10. The van der Waals surface area contributed by atoms with Gasteiger partial charge in [0.05, 0.1) is 21.4 Å². The largest absolute Gasteiger partial charge is 0.339 e. The number of hydrogen-bond acceptors (Lipinski definition) is 5. The molecule has 0 atom stereocenters. The van der Waals surface area contributed by atoms with Crippen LogP contribution in [-0.4, -0.2) is 15.2 Å². The molecule has 0 bridgehead atoms. The molecule has 0 saturated carbocycles. The SMILES string of the molecule is CC(C)(C)c1ccc(-c2cccc(-c3ccc(Nc4ccc5ncsc5c4)nn3)c2)cc1. The standard InChI is InChI=1S/C27H24N4S/c1-27(2,3)21-9-7-18(8-10-21)19-5-4-6-20(15-19)23-13-14-26(31-30-23)29-22-11-12-24-25(16-22)32-17-28-24/h4-17H,1-3H3,(H,29,31). The predicted octanol–water partition coefficient (Wildman–Crippen LogP) is 7.46. The van der Waals surface area contributed by atoms with E-state index in [9.17, 15) is 0 Å². The highest BCUT2D eigenvalue weighted by Crippen LogP contribution is 2.29. The molecule has 5 aromatic rings. The van der Waals surface area contributed by atoms with E-state index in [1.54, 1.807) is 11.3 Å². The van der Waals surface area contributed by atoms with Gasteiger partial charge in [0.25, 0.3) is 0 Å². The third-order valence-corrected chi connectivity index (χ3v) is 6.30. The zero-order valence-corrected chi connectivity index (χ0v) is 19.1. The maximum absolute atomic E-state index is 4.46. The first kappa shape index (κ1) is 20.3. The molecule has 0 aliphatic carbocycles. The summed E-state index contributed by atoms with van der Waals surface area (Å²) >= 11 is 1.63. The molecule has 0 aliphatic rings. The fourth-order valence-corrected chi connectivity index (χ4v) is 4.37. The number of nitrogens with zero attached hydrogens (tertiary/aromatic N) is 3. The lowest BCUT2D eigenvalue weighted by molar-refractivity contribution is 0.590. The van der Waals surface area contributed by atoms with Gasteiger partial charge in [-0.2, -0.15) is 0 Å². The molecule has 0 radical (unpaired) electrons. The molecule has 2 aromatic heterocycles. The lowest BCUT2D eigenvalue weighted by Gasteiger charge is -2.19. The van der Waals surface area contributed by atoms with Crippen LogP contribution in [-0.2, 0) is 5.41 Å². The van der Waals surface area contributed by atoms with Crippen molar-refractivity contribution in [1.82, 2.24) is 15.2 Å². The number of fused-ring (bicyclic) bond motifs is 1. The van der Waals surface area contributed by atoms with Crippen LogP contribution < -0.4 is 5.32 Å². The van der Waals surface area contributed by atoms with Crippen LogP contribution in [0.15, 0.2) is 84.4 Å². The lowest BCUT2D eigenvalue weighted by atomic mass is 9.86. The first-order valence-corrected chi connectivity index (χ1v) is 11.5. The Bertz CT molecular complexity index is 1360. The Labute approximate surface area is 192 Å². The van der Waals surface area contributed by atoms with E-state index in [4.69, 9.17) is 0 Å². The van der Waals surface area contributed by atoms with Gasteiger partial charge < -0.3 is 5.32 Å². The highest BCUT2D eigenvalue weighted by molar-refractivity contribution is 7.16. The van der Waals surface area contributed by atoms with E-state index in [1.807, 2.05) is 29.8 Å². The molecule has 2 heterocycles. The molecule has 1 N–H and O–H groups in total. The predicted molar refractivity (Wildman–Crippen MR) is 135 cm³/mol. The van der Waals surface area contributed by atoms with Crippen molar-refractivity contribution in [2.24, 2.45) is 0 Å². The Morgan fingerprint density at radius 3 is 2.31 bits per heavy atom. The highest BCUT2D eigenvalue weighted by Gasteiger charge is 2.13. The van der Waals surface area contributed by atoms with E-state index in [-0.39, 0.29) is 5.41 Å². The smallest absolute Gasteiger partial charge is 0.153 e. The zero-order valence-electron chi connectivity index (χ0n) is 18.3. The molecule has 0 saturated heterocycles. The summed E-state index contributed by atoms with van der Waals surface area (Å²) in [6.07, 6.45) is 0. The third-order valence-electron chi connectivity index (χ3n) is 5.51. The summed E-state index contributed by atoms with van der Waals surface area (Å²) in [5, 5.41) is 12.2. The number of benzene rings is 3. The normalized spacial score (nSPS) is 11.6. The summed E-state index contributed by atoms with van der Waals surface area (Å²) in [6.45, 7) is 6.70. The van der Waals surface area contributed by atoms with Crippen LogP contribution in [0.25, 0.3) is 32.6 Å². The molecule has 3 aromatic carbocycles. The first-order chi connectivity index (χ1) is 15.5. The average Bonchev–Trinajstić information content (AvgIpc) is 3.27. The van der Waals surface area contributed by atoms with Crippen LogP contribution in [0, 0.1) is 0 Å². The molecule has 0 amide bonds. The second-order valence-electron chi connectivity index (χ2n) is 8.87. The second kappa shape index (κ2) is 8.17. The van der Waals surface area contributed by atoms with Crippen molar-refractivity contribution in [3.63, 3.8) is 0 Å². The van der Waals surface area contributed by atoms with Crippen molar-refractivity contribution in [2.75, 3.05) is 5.32 Å². The molecule has 158 valence electrons. The van der Waals surface area contributed by atoms with Crippen LogP contribution in [0.3, 0.4) is 0 Å². The molecule has 5 rings (SSSR count). The van der Waals surface area contributed by atoms with Gasteiger partial charge in [-0.3, -0.25) is 0 Å². The van der Waals surface area contributed by atoms with Crippen LogP contribution in [0.5, 0.6) is 0 Å². The van der Waals surface area contributed by atoms with Gasteiger partial charge in [0, 0.05) is 11.3 Å². The second-order valence-corrected chi connectivity index (χ2v) is 9.76. The summed E-state index contributed by atoms with van der Waals surface area (Å²) in [5.74, 6) is 0.714. The number of nitrogens with one attached hydrogen (secondary N) is 1. The minimum absolute atomic E-state index is 0.151. The van der Waals surface area contributed by atoms with Crippen molar-refractivity contribution in [3.8, 4) is 22.4 Å². The maximum atomic E-state index is 4.46. The van der Waals surface area contributed by atoms with Crippen molar-refractivity contribution in [1.29, 1.82) is 0 Å². The van der Waals surface area contributed by atoms with Gasteiger partial charge >= 0.3 is 0 Å². The van der Waals surface area contributed by atoms with Crippen LogP contribution in [0.2, 0.25) is 0 Å². The van der Waals surface area contributed by atoms with E-state index in [0.717, 1.165) is 27.2 Å². The Morgan fingerprint density at radius 1 is 0.750 bits per heavy atom. The van der Waals surface area contributed by atoms with Crippen molar-refractivity contribution in [3.05, 3.63) is 89.9 Å². The van der Waals surface area contributed by atoms with Gasteiger partial charge in [-0.25, -0.2) is 4.98 Å². The molecular formula is C27H24N4S. The average molecular weight is 437 g/mol. The Morgan fingerprint density at radius 2 is 1.56 bits per heavy atom. The number of anilines is 2. The van der Waals surface area contributed by atoms with Crippen molar-refractivity contribution >= 4 is 33.1 Å². The summed E-state index contributed by atoms with van der Waals surface area (Å²) in [7, 11) is 0. The maximum Gasteiger partial charge on any atom is 0.153 e. The van der Waals surface area contributed by atoms with Gasteiger partial charge in [-0.1, -0.05) is 63.2 Å². The number of thiazole rings is 1. The summed E-state index contributed by atoms with van der Waals surface area (Å²) in [6, 6.07) is 27.3. The fourth-order valence-electron chi connectivity index (χ4n) is 3.65. The number of aromatic nitrogens is 3. The van der Waals surface area contributed by atoms with E-state index in [2.05, 4.69) is 95.9 Å². The van der Waals surface area contributed by atoms with Crippen molar-refractivity contribution < 1.29 is 0 Å². The Hall–Kier alpha value is -3.57. The topological polar surface area (TPSA) is 50.7 Å². The monoisotopic (exact) mass is 436 g/mol. The van der Waals surface area contributed by atoms with Gasteiger partial charge in [0.15, 0.2) is 5.82 Å². The van der Waals surface area contributed by atoms with Gasteiger partial charge in [0.1, 0.15) is 0 Å². The molecule has 5 heteroatoms. The Balaban J connectivity index is 1.36. The fraction of sp³-hybridized carbons (Fsp3) is 0.148. The molecule has 0 fully saturated rings. The Kier molecular flexibility index (Phi) is 5.19. The molecule has 4 nitrogen and oxygen atoms in total. The van der Waals surface area contributed by atoms with Gasteiger partial charge in [-0.05, 0) is 58.5 Å². The van der Waals surface area contributed by atoms with Crippen LogP contribution >= 0.6 is 11.3 Å². The number of rotatable bonds is 4. The van der Waals surface area contributed by atoms with E-state index < -0.39 is 0 Å². The third kappa shape index (κ3) is 4.25.